The molecule has 3 aromatic heterocycles. The Morgan fingerprint density at radius 2 is 0.878 bits per heavy atom. The molecule has 0 aliphatic carbocycles. The Morgan fingerprint density at radius 1 is 0.488 bits per heavy atom. The molecule has 0 unspecified atom stereocenters. The number of thiophene rings is 1. The van der Waals surface area contributed by atoms with Crippen molar-refractivity contribution in [1.29, 1.82) is 0 Å². The van der Waals surface area contributed by atoms with Crippen molar-refractivity contribution in [2.45, 2.75) is 117 Å². The number of hydrogen-bond acceptors (Lipinski definition) is 5. The standard InChI is InChI=1S/C36H48O4S/c1-3-5-7-9-11-13-15-17-19-37-35-23-27-21-29-30-22-28-24-36(38-20-18-16-14-12-10-8-6-4-2)40-32(28)26-34(30)41-33(29)25-31(27)39-35/h21-26H,3-20H2,1-2H3. The SMILES string of the molecule is CCCCCCCCCCOc1cc2cc3c(cc2o1)sc1cc2oc(OCCCCCCCCCC)cc2cc13. The molecule has 0 amide bonds. The molecule has 0 aliphatic heterocycles. The summed E-state index contributed by atoms with van der Waals surface area (Å²) in [6.45, 7) is 5.97. The molecule has 0 aliphatic rings. The van der Waals surface area contributed by atoms with Gasteiger partial charge in [0, 0.05) is 43.1 Å². The summed E-state index contributed by atoms with van der Waals surface area (Å²) in [4.78, 5) is 0. The van der Waals surface area contributed by atoms with Gasteiger partial charge in [0.2, 0.25) is 0 Å². The Bertz CT molecular complexity index is 1380. The number of fused-ring (bicyclic) bond motifs is 5. The van der Waals surface area contributed by atoms with Crippen LogP contribution in [0.4, 0.5) is 0 Å². The van der Waals surface area contributed by atoms with Crippen LogP contribution in [0.2, 0.25) is 0 Å². The first-order valence-electron chi connectivity index (χ1n) is 16.3. The maximum Gasteiger partial charge on any atom is 0.285 e. The molecule has 5 heteroatoms. The van der Waals surface area contributed by atoms with E-state index in [0.717, 1.165) is 34.8 Å². The zero-order valence-electron chi connectivity index (χ0n) is 25.2. The summed E-state index contributed by atoms with van der Waals surface area (Å²) in [5.41, 5.74) is 1.77. The van der Waals surface area contributed by atoms with Crippen molar-refractivity contribution in [1.82, 2.24) is 0 Å². The predicted octanol–water partition coefficient (Wildman–Crippen LogP) is 12.6. The van der Waals surface area contributed by atoms with Gasteiger partial charge >= 0.3 is 0 Å². The molecule has 0 spiro atoms. The van der Waals surface area contributed by atoms with Gasteiger partial charge in [-0.05, 0) is 37.1 Å². The Labute approximate surface area is 249 Å². The lowest BCUT2D eigenvalue weighted by Crippen LogP contribution is -1.96. The third-order valence-electron chi connectivity index (χ3n) is 8.19. The molecule has 0 atom stereocenters. The van der Waals surface area contributed by atoms with Crippen LogP contribution in [0.5, 0.6) is 11.9 Å². The first kappa shape index (κ1) is 29.8. The minimum absolute atomic E-state index is 0.625. The van der Waals surface area contributed by atoms with Gasteiger partial charge in [0.1, 0.15) is 11.2 Å². The number of unbranched alkanes of at least 4 members (excludes halogenated alkanes) is 14. The van der Waals surface area contributed by atoms with Crippen molar-refractivity contribution < 1.29 is 18.3 Å². The minimum atomic E-state index is 0.625. The van der Waals surface area contributed by atoms with E-state index < -0.39 is 0 Å². The van der Waals surface area contributed by atoms with Gasteiger partial charge in [-0.3, -0.25) is 0 Å². The predicted molar refractivity (Wildman–Crippen MR) is 175 cm³/mol. The Hall–Kier alpha value is -2.66. The van der Waals surface area contributed by atoms with Crippen LogP contribution in [0.15, 0.2) is 45.2 Å². The Kier molecular flexibility index (Phi) is 11.3. The van der Waals surface area contributed by atoms with E-state index in [1.165, 1.54) is 110 Å². The van der Waals surface area contributed by atoms with Crippen molar-refractivity contribution in [3.8, 4) is 11.9 Å². The van der Waals surface area contributed by atoms with E-state index in [1.54, 1.807) is 11.3 Å². The lowest BCUT2D eigenvalue weighted by Gasteiger charge is -2.03. The highest BCUT2D eigenvalue weighted by Gasteiger charge is 2.14. The third kappa shape index (κ3) is 8.22. The number of hydrogen-bond donors (Lipinski definition) is 0. The van der Waals surface area contributed by atoms with Crippen LogP contribution in [0.25, 0.3) is 42.1 Å². The molecular formula is C36H48O4S. The first-order chi connectivity index (χ1) is 20.2. The fraction of sp³-hybridized carbons (Fsp3) is 0.556. The smallest absolute Gasteiger partial charge is 0.285 e. The van der Waals surface area contributed by atoms with Gasteiger partial charge in [-0.25, -0.2) is 0 Å². The van der Waals surface area contributed by atoms with E-state index in [4.69, 9.17) is 18.3 Å². The van der Waals surface area contributed by atoms with Crippen LogP contribution in [0, 0.1) is 0 Å². The molecule has 0 N–H and O–H groups in total. The monoisotopic (exact) mass is 576 g/mol. The molecule has 0 fully saturated rings. The van der Waals surface area contributed by atoms with Gasteiger partial charge in [0.05, 0.1) is 13.2 Å². The first-order valence-corrected chi connectivity index (χ1v) is 17.2. The van der Waals surface area contributed by atoms with E-state index >= 15 is 0 Å². The molecule has 5 rings (SSSR count). The average molecular weight is 577 g/mol. The second kappa shape index (κ2) is 15.5. The van der Waals surface area contributed by atoms with E-state index in [1.807, 2.05) is 12.1 Å². The summed E-state index contributed by atoms with van der Waals surface area (Å²) in [5.74, 6) is 1.25. The molecule has 2 aromatic carbocycles. The maximum absolute atomic E-state index is 6.06. The van der Waals surface area contributed by atoms with Crippen molar-refractivity contribution >= 4 is 53.4 Å². The van der Waals surface area contributed by atoms with Crippen LogP contribution in [-0.4, -0.2) is 13.2 Å². The van der Waals surface area contributed by atoms with Gasteiger partial charge in [0.25, 0.3) is 11.9 Å². The van der Waals surface area contributed by atoms with Crippen molar-refractivity contribution in [2.24, 2.45) is 0 Å². The molecule has 4 nitrogen and oxygen atoms in total. The molecule has 3 heterocycles. The highest BCUT2D eigenvalue weighted by Crippen LogP contribution is 2.41. The number of furan rings is 2. The van der Waals surface area contributed by atoms with Crippen molar-refractivity contribution in [3.05, 3.63) is 36.4 Å². The van der Waals surface area contributed by atoms with Crippen LogP contribution in [-0.2, 0) is 0 Å². The van der Waals surface area contributed by atoms with Crippen molar-refractivity contribution in [2.75, 3.05) is 13.2 Å². The Balaban J connectivity index is 1.14. The number of rotatable bonds is 20. The van der Waals surface area contributed by atoms with E-state index in [0.29, 0.717) is 25.1 Å². The van der Waals surface area contributed by atoms with Gasteiger partial charge in [0.15, 0.2) is 0 Å². The van der Waals surface area contributed by atoms with Crippen LogP contribution in [0.3, 0.4) is 0 Å². The zero-order chi connectivity index (χ0) is 28.3. The van der Waals surface area contributed by atoms with Crippen LogP contribution < -0.4 is 9.47 Å². The van der Waals surface area contributed by atoms with E-state index in [2.05, 4.69) is 38.1 Å². The third-order valence-corrected chi connectivity index (χ3v) is 9.30. The molecule has 0 radical (unpaired) electrons. The second-order valence-corrected chi connectivity index (χ2v) is 12.7. The quantitative estimate of drug-likeness (QED) is 0.0864. The molecule has 0 bridgehead atoms. The number of benzene rings is 2. The van der Waals surface area contributed by atoms with Crippen LogP contribution in [0.1, 0.15) is 117 Å². The normalized spacial score (nSPS) is 12.0. The fourth-order valence-corrected chi connectivity index (χ4v) is 6.88. The maximum atomic E-state index is 6.06. The van der Waals surface area contributed by atoms with Gasteiger partial charge in [-0.15, -0.1) is 11.3 Å². The highest BCUT2D eigenvalue weighted by atomic mass is 32.1. The molecule has 0 saturated carbocycles. The fourth-order valence-electron chi connectivity index (χ4n) is 5.76. The summed E-state index contributed by atoms with van der Waals surface area (Å²) in [7, 11) is 0. The number of ether oxygens (including phenoxy) is 2. The molecular weight excluding hydrogens is 528 g/mol. The van der Waals surface area contributed by atoms with Gasteiger partial charge in [-0.2, -0.15) is 0 Å². The average Bonchev–Trinajstić information content (AvgIpc) is 3.66. The lowest BCUT2D eigenvalue weighted by molar-refractivity contribution is 0.242. The lowest BCUT2D eigenvalue weighted by atomic mass is 10.1. The van der Waals surface area contributed by atoms with Crippen LogP contribution >= 0.6 is 11.3 Å². The minimum Gasteiger partial charge on any atom is -0.465 e. The second-order valence-electron chi connectivity index (χ2n) is 11.7. The summed E-state index contributed by atoms with van der Waals surface area (Å²) >= 11 is 1.78. The molecule has 0 saturated heterocycles. The molecule has 5 aromatic rings. The zero-order valence-corrected chi connectivity index (χ0v) is 26.0. The largest absolute Gasteiger partial charge is 0.465 e. The summed E-state index contributed by atoms with van der Waals surface area (Å²) < 4.78 is 26.5. The van der Waals surface area contributed by atoms with E-state index in [-0.39, 0.29) is 0 Å². The van der Waals surface area contributed by atoms with Gasteiger partial charge in [-0.1, -0.05) is 104 Å². The van der Waals surface area contributed by atoms with Crippen molar-refractivity contribution in [3.63, 3.8) is 0 Å². The summed E-state index contributed by atoms with van der Waals surface area (Å²) in [6, 6.07) is 12.9. The van der Waals surface area contributed by atoms with Gasteiger partial charge < -0.3 is 18.3 Å². The summed E-state index contributed by atoms with van der Waals surface area (Å²) in [5, 5.41) is 4.67. The van der Waals surface area contributed by atoms with E-state index in [9.17, 15) is 0 Å². The Morgan fingerprint density at radius 3 is 1.29 bits per heavy atom. The summed E-state index contributed by atoms with van der Waals surface area (Å²) in [6.07, 6.45) is 20.7. The topological polar surface area (TPSA) is 44.7 Å². The highest BCUT2D eigenvalue weighted by molar-refractivity contribution is 7.26. The molecule has 41 heavy (non-hydrogen) atoms. The molecule has 222 valence electrons.